The minimum Gasteiger partial charge on any atom is -0.341 e. The SMILES string of the molecule is Bc1cccc(Cn2cc(C(=C)N(C)OC)c(=O)c3ccccc32)n1. The van der Waals surface area contributed by atoms with Gasteiger partial charge in [-0.2, -0.15) is 0 Å². The van der Waals surface area contributed by atoms with Gasteiger partial charge in [0.1, 0.15) is 0 Å². The van der Waals surface area contributed by atoms with Gasteiger partial charge in [0.05, 0.1) is 36.1 Å². The van der Waals surface area contributed by atoms with E-state index in [1.165, 1.54) is 5.06 Å². The van der Waals surface area contributed by atoms with Gasteiger partial charge in [-0.1, -0.05) is 30.8 Å². The van der Waals surface area contributed by atoms with Crippen LogP contribution in [0.2, 0.25) is 0 Å². The van der Waals surface area contributed by atoms with E-state index in [9.17, 15) is 4.79 Å². The fourth-order valence-corrected chi connectivity index (χ4v) is 2.82. The maximum absolute atomic E-state index is 12.9. The van der Waals surface area contributed by atoms with E-state index in [0.717, 1.165) is 16.8 Å². The number of nitrogens with zero attached hydrogens (tertiary/aromatic N) is 3. The monoisotopic (exact) mass is 333 g/mol. The lowest BCUT2D eigenvalue weighted by Crippen LogP contribution is -2.22. The lowest BCUT2D eigenvalue weighted by atomic mass is 10.0. The molecule has 0 spiro atoms. The number of benzene rings is 1. The van der Waals surface area contributed by atoms with Crippen molar-refractivity contribution in [2.45, 2.75) is 6.54 Å². The Bertz CT molecular complexity index is 997. The number of fused-ring (bicyclic) bond motifs is 1. The minimum atomic E-state index is -0.0575. The summed E-state index contributed by atoms with van der Waals surface area (Å²) in [4.78, 5) is 22.6. The van der Waals surface area contributed by atoms with Crippen LogP contribution in [0.5, 0.6) is 0 Å². The van der Waals surface area contributed by atoms with Gasteiger partial charge in [-0.3, -0.25) is 19.7 Å². The van der Waals surface area contributed by atoms with Crippen molar-refractivity contribution in [2.24, 2.45) is 0 Å². The normalized spacial score (nSPS) is 10.8. The fraction of sp³-hybridized carbons (Fsp3) is 0.158. The van der Waals surface area contributed by atoms with E-state index < -0.39 is 0 Å². The number of hydrogen-bond acceptors (Lipinski definition) is 4. The zero-order chi connectivity index (χ0) is 18.0. The second-order valence-corrected chi connectivity index (χ2v) is 5.91. The molecule has 0 fully saturated rings. The molecular formula is C19H20BN3O2. The first-order chi connectivity index (χ1) is 12.0. The van der Waals surface area contributed by atoms with Gasteiger partial charge in [-0.15, -0.1) is 0 Å². The average molecular weight is 333 g/mol. The first-order valence-corrected chi connectivity index (χ1v) is 8.03. The second kappa shape index (κ2) is 6.95. The number of hydroxylamine groups is 2. The Labute approximate surface area is 147 Å². The van der Waals surface area contributed by atoms with Crippen molar-refractivity contribution in [3.05, 3.63) is 76.7 Å². The van der Waals surface area contributed by atoms with E-state index in [1.54, 1.807) is 14.2 Å². The second-order valence-electron chi connectivity index (χ2n) is 5.91. The van der Waals surface area contributed by atoms with Crippen LogP contribution in [0.1, 0.15) is 11.3 Å². The molecule has 3 aromatic rings. The molecule has 126 valence electrons. The summed E-state index contributed by atoms with van der Waals surface area (Å²) in [5, 5.41) is 2.14. The van der Waals surface area contributed by atoms with Crippen LogP contribution in [0.25, 0.3) is 16.6 Å². The third kappa shape index (κ3) is 3.34. The van der Waals surface area contributed by atoms with Crippen LogP contribution in [0, 0.1) is 0 Å². The van der Waals surface area contributed by atoms with Crippen molar-refractivity contribution in [3.8, 4) is 0 Å². The van der Waals surface area contributed by atoms with Crippen molar-refractivity contribution < 1.29 is 4.84 Å². The van der Waals surface area contributed by atoms with Crippen molar-refractivity contribution >= 4 is 30.0 Å². The maximum Gasteiger partial charge on any atom is 0.198 e. The van der Waals surface area contributed by atoms with Gasteiger partial charge in [0.25, 0.3) is 0 Å². The number of aromatic nitrogens is 2. The zero-order valence-electron chi connectivity index (χ0n) is 14.7. The van der Waals surface area contributed by atoms with Crippen molar-refractivity contribution in [1.82, 2.24) is 14.6 Å². The summed E-state index contributed by atoms with van der Waals surface area (Å²) in [6.45, 7) is 4.57. The number of pyridine rings is 2. The van der Waals surface area contributed by atoms with E-state index in [2.05, 4.69) is 11.6 Å². The van der Waals surface area contributed by atoms with Crippen LogP contribution in [-0.2, 0) is 11.4 Å². The number of hydrogen-bond donors (Lipinski definition) is 0. The highest BCUT2D eigenvalue weighted by Gasteiger charge is 2.14. The summed E-state index contributed by atoms with van der Waals surface area (Å²) in [6, 6.07) is 13.5. The third-order valence-electron chi connectivity index (χ3n) is 4.23. The van der Waals surface area contributed by atoms with Gasteiger partial charge in [-0.25, -0.2) is 0 Å². The Balaban J connectivity index is 2.18. The lowest BCUT2D eigenvalue weighted by molar-refractivity contribution is -0.0525. The van der Waals surface area contributed by atoms with Crippen LogP contribution in [0.3, 0.4) is 0 Å². The predicted octanol–water partition coefficient (Wildman–Crippen LogP) is 1.17. The molecule has 25 heavy (non-hydrogen) atoms. The van der Waals surface area contributed by atoms with Crippen LogP contribution in [-0.4, -0.2) is 36.6 Å². The molecule has 6 heteroatoms. The van der Waals surface area contributed by atoms with Gasteiger partial charge in [0.2, 0.25) is 0 Å². The van der Waals surface area contributed by atoms with Crippen LogP contribution < -0.4 is 11.0 Å². The van der Waals surface area contributed by atoms with Crippen LogP contribution >= 0.6 is 0 Å². The Morgan fingerprint density at radius 1 is 1.28 bits per heavy atom. The summed E-state index contributed by atoms with van der Waals surface area (Å²) in [5.74, 6) is 0. The number of rotatable bonds is 5. The first-order valence-electron chi connectivity index (χ1n) is 8.03. The van der Waals surface area contributed by atoms with E-state index in [1.807, 2.05) is 61.1 Å². The minimum absolute atomic E-state index is 0.0575. The zero-order valence-corrected chi connectivity index (χ0v) is 14.7. The van der Waals surface area contributed by atoms with Gasteiger partial charge in [0, 0.05) is 18.6 Å². The van der Waals surface area contributed by atoms with E-state index in [-0.39, 0.29) is 5.43 Å². The summed E-state index contributed by atoms with van der Waals surface area (Å²) >= 11 is 0. The molecule has 3 rings (SSSR count). The van der Waals surface area contributed by atoms with Crippen molar-refractivity contribution in [1.29, 1.82) is 0 Å². The number of para-hydroxylation sites is 1. The maximum atomic E-state index is 12.9. The molecule has 0 atom stereocenters. The summed E-state index contributed by atoms with van der Waals surface area (Å²) < 4.78 is 2.03. The molecule has 0 aliphatic carbocycles. The Kier molecular flexibility index (Phi) is 4.72. The molecule has 0 saturated carbocycles. The molecule has 0 saturated heterocycles. The highest BCUT2D eigenvalue weighted by Crippen LogP contribution is 2.18. The van der Waals surface area contributed by atoms with Crippen molar-refractivity contribution in [3.63, 3.8) is 0 Å². The molecule has 0 radical (unpaired) electrons. The largest absolute Gasteiger partial charge is 0.341 e. The predicted molar refractivity (Wildman–Crippen MR) is 104 cm³/mol. The average Bonchev–Trinajstić information content (AvgIpc) is 2.63. The standard InChI is InChI=1S/C19H20BN3O2/c1-13(22(2)25-3)16-12-23(11-14-7-6-10-18(20)21-14)17-9-5-4-8-15(17)19(16)24/h4-10,12H,1,11,20H2,2-3H3. The first kappa shape index (κ1) is 17.0. The summed E-state index contributed by atoms with van der Waals surface area (Å²) in [6.07, 6.45) is 1.83. The highest BCUT2D eigenvalue weighted by atomic mass is 16.7. The molecule has 0 aliphatic heterocycles. The van der Waals surface area contributed by atoms with E-state index in [0.29, 0.717) is 23.2 Å². The van der Waals surface area contributed by atoms with Gasteiger partial charge >= 0.3 is 0 Å². The molecule has 0 N–H and O–H groups in total. The van der Waals surface area contributed by atoms with Gasteiger partial charge < -0.3 is 4.57 Å². The topological polar surface area (TPSA) is 47.4 Å². The Morgan fingerprint density at radius 3 is 2.76 bits per heavy atom. The Morgan fingerprint density at radius 2 is 2.04 bits per heavy atom. The summed E-state index contributed by atoms with van der Waals surface area (Å²) in [7, 11) is 5.23. The molecule has 0 unspecified atom stereocenters. The van der Waals surface area contributed by atoms with Crippen LogP contribution in [0.15, 0.2) is 60.0 Å². The molecule has 2 heterocycles. The quantitative estimate of drug-likeness (QED) is 0.519. The molecule has 5 nitrogen and oxygen atoms in total. The fourth-order valence-electron chi connectivity index (χ4n) is 2.82. The van der Waals surface area contributed by atoms with Gasteiger partial charge in [-0.05, 0) is 23.8 Å². The van der Waals surface area contributed by atoms with Crippen LogP contribution in [0.4, 0.5) is 0 Å². The van der Waals surface area contributed by atoms with Gasteiger partial charge in [0.15, 0.2) is 13.3 Å². The molecule has 0 amide bonds. The molecule has 1 aromatic carbocycles. The third-order valence-corrected chi connectivity index (χ3v) is 4.23. The molecule has 0 bridgehead atoms. The molecular weight excluding hydrogens is 313 g/mol. The highest BCUT2D eigenvalue weighted by molar-refractivity contribution is 6.30. The van der Waals surface area contributed by atoms with E-state index in [4.69, 9.17) is 4.84 Å². The Hall–Kier alpha value is -2.86. The van der Waals surface area contributed by atoms with Crippen molar-refractivity contribution in [2.75, 3.05) is 14.2 Å². The smallest absolute Gasteiger partial charge is 0.198 e. The van der Waals surface area contributed by atoms with E-state index >= 15 is 0 Å². The summed E-state index contributed by atoms with van der Waals surface area (Å²) in [5.41, 5.74) is 3.74. The lowest BCUT2D eigenvalue weighted by Gasteiger charge is -2.20. The molecule has 2 aromatic heterocycles. The molecule has 0 aliphatic rings.